The molecular weight excluding hydrogens is 420 g/mol. The van der Waals surface area contributed by atoms with E-state index in [9.17, 15) is 13.2 Å². The van der Waals surface area contributed by atoms with Crippen molar-refractivity contribution < 1.29 is 13.2 Å². The van der Waals surface area contributed by atoms with Crippen LogP contribution in [-0.4, -0.2) is 20.6 Å². The molecule has 5 nitrogen and oxygen atoms in total. The monoisotopic (exact) mass is 450 g/mol. The molecule has 0 aliphatic rings. The molecule has 168 valence electrons. The van der Waals surface area contributed by atoms with Gasteiger partial charge in [0.25, 0.3) is 5.91 Å². The Morgan fingerprint density at radius 2 is 1.53 bits per heavy atom. The van der Waals surface area contributed by atoms with Gasteiger partial charge >= 0.3 is 0 Å². The van der Waals surface area contributed by atoms with E-state index in [1.807, 2.05) is 56.3 Å². The number of sulfonamides is 1. The van der Waals surface area contributed by atoms with Crippen LogP contribution < -0.4 is 9.62 Å². The van der Waals surface area contributed by atoms with Gasteiger partial charge in [-0.3, -0.25) is 9.10 Å². The Hall–Kier alpha value is -3.12. The molecule has 0 unspecified atom stereocenters. The number of nitrogens with one attached hydrogen (secondary N) is 1. The molecular formula is C26H30N2O3S. The van der Waals surface area contributed by atoms with Gasteiger partial charge in [-0.25, -0.2) is 8.42 Å². The summed E-state index contributed by atoms with van der Waals surface area (Å²) in [6.07, 6.45) is 1.20. The van der Waals surface area contributed by atoms with Gasteiger partial charge in [0, 0.05) is 11.3 Å². The molecule has 6 heteroatoms. The number of benzene rings is 3. The lowest BCUT2D eigenvalue weighted by Gasteiger charge is -2.23. The van der Waals surface area contributed by atoms with Crippen molar-refractivity contribution in [3.8, 4) is 0 Å². The Kier molecular flexibility index (Phi) is 7.04. The first-order chi connectivity index (χ1) is 15.0. The van der Waals surface area contributed by atoms with Crippen molar-refractivity contribution in [1.82, 2.24) is 0 Å². The number of aryl methyl sites for hydroxylation is 2. The summed E-state index contributed by atoms with van der Waals surface area (Å²) in [7, 11) is -3.47. The van der Waals surface area contributed by atoms with Crippen LogP contribution in [0.1, 0.15) is 52.4 Å². The van der Waals surface area contributed by atoms with Crippen LogP contribution >= 0.6 is 0 Å². The number of amides is 1. The summed E-state index contributed by atoms with van der Waals surface area (Å²) in [5.74, 6) is 0.227. The minimum atomic E-state index is -3.47. The lowest BCUT2D eigenvalue weighted by molar-refractivity contribution is 0.102. The molecule has 0 bridgehead atoms. The average molecular weight is 451 g/mol. The van der Waals surface area contributed by atoms with E-state index in [4.69, 9.17) is 0 Å². The lowest BCUT2D eigenvalue weighted by atomic mass is 10.0. The molecule has 0 aliphatic carbocycles. The van der Waals surface area contributed by atoms with Crippen LogP contribution in [0.2, 0.25) is 0 Å². The molecule has 0 aromatic heterocycles. The minimum Gasteiger partial charge on any atom is -0.322 e. The highest BCUT2D eigenvalue weighted by molar-refractivity contribution is 7.92. The highest BCUT2D eigenvalue weighted by atomic mass is 32.2. The first kappa shape index (κ1) is 23.5. The second-order valence-electron chi connectivity index (χ2n) is 8.47. The molecule has 0 radical (unpaired) electrons. The van der Waals surface area contributed by atoms with Crippen LogP contribution in [0.25, 0.3) is 0 Å². The van der Waals surface area contributed by atoms with E-state index in [0.29, 0.717) is 17.2 Å². The summed E-state index contributed by atoms with van der Waals surface area (Å²) in [5, 5.41) is 2.90. The molecule has 32 heavy (non-hydrogen) atoms. The summed E-state index contributed by atoms with van der Waals surface area (Å²) in [6.45, 7) is 8.40. The molecule has 1 N–H and O–H groups in total. The SMILES string of the molecule is Cc1ccc(N(Cc2ccc(C(=O)Nc3ccc(C(C)C)cc3)cc2)S(C)(=O)=O)cc1C. The zero-order chi connectivity index (χ0) is 23.5. The number of nitrogens with zero attached hydrogens (tertiary/aromatic N) is 1. The fourth-order valence-electron chi connectivity index (χ4n) is 3.36. The molecule has 0 heterocycles. The molecule has 0 saturated heterocycles. The quantitative estimate of drug-likeness (QED) is 0.506. The molecule has 3 aromatic carbocycles. The van der Waals surface area contributed by atoms with Gasteiger partial charge in [0.05, 0.1) is 18.5 Å². The molecule has 0 aliphatic heterocycles. The van der Waals surface area contributed by atoms with Gasteiger partial charge in [-0.15, -0.1) is 0 Å². The lowest BCUT2D eigenvalue weighted by Crippen LogP contribution is -2.29. The average Bonchev–Trinajstić information content (AvgIpc) is 2.74. The molecule has 0 spiro atoms. The van der Waals surface area contributed by atoms with Gasteiger partial charge < -0.3 is 5.32 Å². The standard InChI is InChI=1S/C26H30N2O3S/c1-18(2)22-11-13-24(14-12-22)27-26(29)23-9-7-21(8-10-23)17-28(32(5,30)31)25-15-6-19(3)20(4)16-25/h6-16,18H,17H2,1-5H3,(H,27,29). The third-order valence-corrected chi connectivity index (χ3v) is 6.70. The minimum absolute atomic E-state index is 0.194. The number of rotatable bonds is 7. The van der Waals surface area contributed by atoms with E-state index in [1.165, 1.54) is 16.1 Å². The third-order valence-electron chi connectivity index (χ3n) is 5.56. The highest BCUT2D eigenvalue weighted by Gasteiger charge is 2.18. The summed E-state index contributed by atoms with van der Waals surface area (Å²) in [6, 6.07) is 20.4. The summed E-state index contributed by atoms with van der Waals surface area (Å²) in [4.78, 5) is 12.6. The second kappa shape index (κ2) is 9.57. The molecule has 1 amide bonds. The Bertz CT molecular complexity index is 1200. The highest BCUT2D eigenvalue weighted by Crippen LogP contribution is 2.24. The van der Waals surface area contributed by atoms with Crippen molar-refractivity contribution in [1.29, 1.82) is 0 Å². The maximum absolute atomic E-state index is 12.6. The summed E-state index contributed by atoms with van der Waals surface area (Å²) < 4.78 is 26.3. The number of hydrogen-bond acceptors (Lipinski definition) is 3. The molecule has 3 aromatic rings. The first-order valence-corrected chi connectivity index (χ1v) is 12.4. The van der Waals surface area contributed by atoms with Crippen LogP contribution in [0, 0.1) is 13.8 Å². The van der Waals surface area contributed by atoms with Crippen molar-refractivity contribution in [2.24, 2.45) is 0 Å². The first-order valence-electron chi connectivity index (χ1n) is 10.6. The second-order valence-corrected chi connectivity index (χ2v) is 10.4. The third kappa shape index (κ3) is 5.77. The van der Waals surface area contributed by atoms with E-state index in [2.05, 4.69) is 19.2 Å². The maximum Gasteiger partial charge on any atom is 0.255 e. The van der Waals surface area contributed by atoms with E-state index >= 15 is 0 Å². The van der Waals surface area contributed by atoms with Crippen molar-refractivity contribution >= 4 is 27.3 Å². The number of carbonyl (C=O) groups is 1. The Morgan fingerprint density at radius 3 is 2.06 bits per heavy atom. The van der Waals surface area contributed by atoms with E-state index < -0.39 is 10.0 Å². The van der Waals surface area contributed by atoms with Gasteiger partial charge in [0.1, 0.15) is 0 Å². The van der Waals surface area contributed by atoms with Crippen LogP contribution in [0.5, 0.6) is 0 Å². The van der Waals surface area contributed by atoms with Gasteiger partial charge in [-0.05, 0) is 78.4 Å². The number of hydrogen-bond donors (Lipinski definition) is 1. The van der Waals surface area contributed by atoms with Gasteiger partial charge in [0.2, 0.25) is 10.0 Å². The Labute approximate surface area is 191 Å². The largest absolute Gasteiger partial charge is 0.322 e. The van der Waals surface area contributed by atoms with Gasteiger partial charge in [-0.1, -0.05) is 44.2 Å². The van der Waals surface area contributed by atoms with E-state index in [-0.39, 0.29) is 12.5 Å². The van der Waals surface area contributed by atoms with Crippen LogP contribution in [-0.2, 0) is 16.6 Å². The van der Waals surface area contributed by atoms with Crippen LogP contribution in [0.4, 0.5) is 11.4 Å². The smallest absolute Gasteiger partial charge is 0.255 e. The molecule has 0 fully saturated rings. The van der Waals surface area contributed by atoms with Crippen molar-refractivity contribution in [3.05, 3.63) is 94.5 Å². The molecule has 0 saturated carbocycles. The predicted molar refractivity (Wildman–Crippen MR) is 132 cm³/mol. The topological polar surface area (TPSA) is 66.5 Å². The Morgan fingerprint density at radius 1 is 0.906 bits per heavy atom. The summed E-state index contributed by atoms with van der Waals surface area (Å²) in [5.41, 5.74) is 6.03. The van der Waals surface area contributed by atoms with Gasteiger partial charge in [0.15, 0.2) is 0 Å². The number of anilines is 2. The Balaban J connectivity index is 1.74. The summed E-state index contributed by atoms with van der Waals surface area (Å²) >= 11 is 0. The van der Waals surface area contributed by atoms with E-state index in [1.54, 1.807) is 24.3 Å². The molecule has 3 rings (SSSR count). The van der Waals surface area contributed by atoms with Crippen molar-refractivity contribution in [3.63, 3.8) is 0 Å². The van der Waals surface area contributed by atoms with Crippen LogP contribution in [0.3, 0.4) is 0 Å². The van der Waals surface area contributed by atoms with E-state index in [0.717, 1.165) is 22.4 Å². The maximum atomic E-state index is 12.6. The fraction of sp³-hybridized carbons (Fsp3) is 0.269. The van der Waals surface area contributed by atoms with Crippen molar-refractivity contribution in [2.45, 2.75) is 40.2 Å². The zero-order valence-corrected chi connectivity index (χ0v) is 20.0. The number of carbonyl (C=O) groups excluding carboxylic acids is 1. The van der Waals surface area contributed by atoms with Crippen LogP contribution in [0.15, 0.2) is 66.7 Å². The predicted octanol–water partition coefficient (Wildman–Crippen LogP) is 5.65. The zero-order valence-electron chi connectivity index (χ0n) is 19.2. The molecule has 0 atom stereocenters. The van der Waals surface area contributed by atoms with Gasteiger partial charge in [-0.2, -0.15) is 0 Å². The van der Waals surface area contributed by atoms with Crippen molar-refractivity contribution in [2.75, 3.05) is 15.9 Å². The normalized spacial score (nSPS) is 11.4. The fourth-order valence-corrected chi connectivity index (χ4v) is 4.24.